The highest BCUT2D eigenvalue weighted by Gasteiger charge is 2.26. The topological polar surface area (TPSA) is 24.1 Å². The van der Waals surface area contributed by atoms with Crippen LogP contribution in [0.4, 0.5) is 0 Å². The summed E-state index contributed by atoms with van der Waals surface area (Å²) in [5.74, 6) is 0. The standard InChI is InChI=1S/C8H16N2/c1-2-5-9-8-4-6-10-7(8)3-1/h7-10H,1-6H2. The molecule has 0 spiro atoms. The fraction of sp³-hybridized carbons (Fsp3) is 1.00. The molecule has 0 aromatic heterocycles. The monoisotopic (exact) mass is 140 g/mol. The fourth-order valence-corrected chi connectivity index (χ4v) is 2.09. The zero-order valence-electron chi connectivity index (χ0n) is 6.40. The van der Waals surface area contributed by atoms with Crippen LogP contribution in [0.3, 0.4) is 0 Å². The Balaban J connectivity index is 1.95. The summed E-state index contributed by atoms with van der Waals surface area (Å²) in [6, 6.07) is 1.59. The molecular formula is C8H16N2. The molecule has 2 fully saturated rings. The Hall–Kier alpha value is -0.0800. The molecule has 2 aliphatic rings. The highest BCUT2D eigenvalue weighted by atomic mass is 15.1. The van der Waals surface area contributed by atoms with Crippen molar-refractivity contribution in [2.24, 2.45) is 0 Å². The lowest BCUT2D eigenvalue weighted by Crippen LogP contribution is -2.38. The number of fused-ring (bicyclic) bond motifs is 1. The van der Waals surface area contributed by atoms with E-state index >= 15 is 0 Å². The average Bonchev–Trinajstić information content (AvgIpc) is 2.28. The molecule has 10 heavy (non-hydrogen) atoms. The van der Waals surface area contributed by atoms with Crippen molar-refractivity contribution in [2.75, 3.05) is 13.1 Å². The van der Waals surface area contributed by atoms with Crippen molar-refractivity contribution < 1.29 is 0 Å². The van der Waals surface area contributed by atoms with Gasteiger partial charge in [-0.2, -0.15) is 0 Å². The molecule has 0 aromatic rings. The third kappa shape index (κ3) is 1.18. The zero-order valence-corrected chi connectivity index (χ0v) is 6.40. The molecule has 2 rings (SSSR count). The molecule has 0 bridgehead atoms. The first kappa shape index (κ1) is 6.62. The van der Waals surface area contributed by atoms with Gasteiger partial charge >= 0.3 is 0 Å². The molecule has 2 saturated heterocycles. The molecule has 2 nitrogen and oxygen atoms in total. The highest BCUT2D eigenvalue weighted by Crippen LogP contribution is 2.16. The minimum absolute atomic E-state index is 0.794. The molecule has 2 heterocycles. The van der Waals surface area contributed by atoms with Crippen LogP contribution in [0.1, 0.15) is 25.7 Å². The first-order valence-corrected chi connectivity index (χ1v) is 4.43. The Bertz CT molecular complexity index is 102. The van der Waals surface area contributed by atoms with Crippen molar-refractivity contribution in [2.45, 2.75) is 37.8 Å². The van der Waals surface area contributed by atoms with Crippen LogP contribution in [0.2, 0.25) is 0 Å². The van der Waals surface area contributed by atoms with Crippen LogP contribution in [0.15, 0.2) is 0 Å². The van der Waals surface area contributed by atoms with Crippen molar-refractivity contribution in [1.82, 2.24) is 10.6 Å². The van der Waals surface area contributed by atoms with E-state index in [1.165, 1.54) is 38.8 Å². The SMILES string of the molecule is C1CCC2NCCC2NC1. The Morgan fingerprint density at radius 2 is 1.60 bits per heavy atom. The molecule has 2 N–H and O–H groups in total. The van der Waals surface area contributed by atoms with E-state index in [9.17, 15) is 0 Å². The number of nitrogens with one attached hydrogen (secondary N) is 2. The highest BCUT2D eigenvalue weighted by molar-refractivity contribution is 4.90. The number of hydrogen-bond donors (Lipinski definition) is 2. The Morgan fingerprint density at radius 3 is 2.60 bits per heavy atom. The van der Waals surface area contributed by atoms with Gasteiger partial charge in [-0.15, -0.1) is 0 Å². The van der Waals surface area contributed by atoms with E-state index in [0.717, 1.165) is 12.1 Å². The van der Waals surface area contributed by atoms with Crippen molar-refractivity contribution in [3.05, 3.63) is 0 Å². The van der Waals surface area contributed by atoms with Gasteiger partial charge in [0, 0.05) is 12.1 Å². The predicted molar refractivity (Wildman–Crippen MR) is 42.0 cm³/mol. The summed E-state index contributed by atoms with van der Waals surface area (Å²) in [6.45, 7) is 2.46. The van der Waals surface area contributed by atoms with Gasteiger partial charge in [0.1, 0.15) is 0 Å². The van der Waals surface area contributed by atoms with Gasteiger partial charge in [0.25, 0.3) is 0 Å². The third-order valence-corrected chi connectivity index (χ3v) is 2.70. The second-order valence-corrected chi connectivity index (χ2v) is 3.41. The van der Waals surface area contributed by atoms with Gasteiger partial charge in [-0.05, 0) is 32.4 Å². The maximum Gasteiger partial charge on any atom is 0.0233 e. The molecule has 0 aliphatic carbocycles. The van der Waals surface area contributed by atoms with Crippen LogP contribution in [0.25, 0.3) is 0 Å². The van der Waals surface area contributed by atoms with Crippen LogP contribution in [0.5, 0.6) is 0 Å². The molecule has 0 saturated carbocycles. The predicted octanol–water partition coefficient (Wildman–Crippen LogP) is 0.490. The third-order valence-electron chi connectivity index (χ3n) is 2.70. The summed E-state index contributed by atoms with van der Waals surface area (Å²) >= 11 is 0. The van der Waals surface area contributed by atoms with Crippen LogP contribution in [-0.4, -0.2) is 25.2 Å². The Morgan fingerprint density at radius 1 is 0.800 bits per heavy atom. The molecule has 2 heteroatoms. The second-order valence-electron chi connectivity index (χ2n) is 3.41. The maximum absolute atomic E-state index is 3.58. The second kappa shape index (κ2) is 2.89. The molecule has 2 unspecified atom stereocenters. The summed E-state index contributed by atoms with van der Waals surface area (Å²) in [5.41, 5.74) is 0. The number of hydrogen-bond acceptors (Lipinski definition) is 2. The lowest BCUT2D eigenvalue weighted by Gasteiger charge is -2.15. The van der Waals surface area contributed by atoms with Gasteiger partial charge in [0.05, 0.1) is 0 Å². The summed E-state index contributed by atoms with van der Waals surface area (Å²) in [5, 5.41) is 7.12. The Labute approximate surface area is 62.4 Å². The van der Waals surface area contributed by atoms with Crippen LogP contribution in [-0.2, 0) is 0 Å². The largest absolute Gasteiger partial charge is 0.312 e. The van der Waals surface area contributed by atoms with E-state index in [1.807, 2.05) is 0 Å². The van der Waals surface area contributed by atoms with Crippen molar-refractivity contribution in [3.8, 4) is 0 Å². The van der Waals surface area contributed by atoms with E-state index in [4.69, 9.17) is 0 Å². The minimum atomic E-state index is 0.794. The van der Waals surface area contributed by atoms with E-state index < -0.39 is 0 Å². The van der Waals surface area contributed by atoms with E-state index in [2.05, 4.69) is 10.6 Å². The minimum Gasteiger partial charge on any atom is -0.312 e. The summed E-state index contributed by atoms with van der Waals surface area (Å²) in [7, 11) is 0. The molecule has 0 amide bonds. The first-order valence-electron chi connectivity index (χ1n) is 4.43. The lowest BCUT2D eigenvalue weighted by atomic mass is 10.1. The summed E-state index contributed by atoms with van der Waals surface area (Å²) < 4.78 is 0. The van der Waals surface area contributed by atoms with Crippen LogP contribution in [0, 0.1) is 0 Å². The molecule has 58 valence electrons. The van der Waals surface area contributed by atoms with Gasteiger partial charge in [-0.25, -0.2) is 0 Å². The van der Waals surface area contributed by atoms with Gasteiger partial charge in [0.2, 0.25) is 0 Å². The zero-order chi connectivity index (χ0) is 6.81. The van der Waals surface area contributed by atoms with Gasteiger partial charge < -0.3 is 10.6 Å². The van der Waals surface area contributed by atoms with Crippen molar-refractivity contribution in [3.63, 3.8) is 0 Å². The smallest absolute Gasteiger partial charge is 0.0233 e. The Kier molecular flexibility index (Phi) is 1.91. The number of rotatable bonds is 0. The van der Waals surface area contributed by atoms with Crippen molar-refractivity contribution >= 4 is 0 Å². The fourth-order valence-electron chi connectivity index (χ4n) is 2.09. The van der Waals surface area contributed by atoms with Gasteiger partial charge in [0.15, 0.2) is 0 Å². The summed E-state index contributed by atoms with van der Waals surface area (Å²) in [6.07, 6.45) is 5.50. The first-order chi connectivity index (χ1) is 4.97. The molecule has 2 atom stereocenters. The van der Waals surface area contributed by atoms with Crippen LogP contribution < -0.4 is 10.6 Å². The lowest BCUT2D eigenvalue weighted by molar-refractivity contribution is 0.470. The van der Waals surface area contributed by atoms with Gasteiger partial charge in [-0.1, -0.05) is 6.42 Å². The molecule has 0 radical (unpaired) electrons. The van der Waals surface area contributed by atoms with Crippen molar-refractivity contribution in [1.29, 1.82) is 0 Å². The molecule has 0 aromatic carbocycles. The quantitative estimate of drug-likeness (QED) is 0.511. The van der Waals surface area contributed by atoms with Crippen LogP contribution >= 0.6 is 0 Å². The maximum atomic E-state index is 3.58. The van der Waals surface area contributed by atoms with E-state index in [0.29, 0.717) is 0 Å². The average molecular weight is 140 g/mol. The van der Waals surface area contributed by atoms with E-state index in [-0.39, 0.29) is 0 Å². The van der Waals surface area contributed by atoms with E-state index in [1.54, 1.807) is 0 Å². The van der Waals surface area contributed by atoms with Gasteiger partial charge in [-0.3, -0.25) is 0 Å². The summed E-state index contributed by atoms with van der Waals surface area (Å²) in [4.78, 5) is 0. The molecule has 2 aliphatic heterocycles. The normalized spacial score (nSPS) is 40.8. The molecular weight excluding hydrogens is 124 g/mol.